The van der Waals surface area contributed by atoms with E-state index >= 15 is 0 Å². The summed E-state index contributed by atoms with van der Waals surface area (Å²) in [4.78, 5) is 12.4. The van der Waals surface area contributed by atoms with Crippen molar-refractivity contribution in [3.63, 3.8) is 0 Å². The molecule has 0 saturated carbocycles. The number of hydrogen-bond acceptors (Lipinski definition) is 4. The molecule has 0 radical (unpaired) electrons. The molecule has 0 bridgehead atoms. The number of amides is 1. The quantitative estimate of drug-likeness (QED) is 0.642. The molecule has 1 unspecified atom stereocenters. The zero-order valence-electron chi connectivity index (χ0n) is 15.1. The molecule has 8 heteroatoms. The van der Waals surface area contributed by atoms with Crippen molar-refractivity contribution in [2.75, 3.05) is 0 Å². The first-order valence-corrected chi connectivity index (χ1v) is 9.07. The van der Waals surface area contributed by atoms with Gasteiger partial charge in [0.05, 0.1) is 16.8 Å². The highest BCUT2D eigenvalue weighted by Crippen LogP contribution is 2.32. The lowest BCUT2D eigenvalue weighted by Crippen LogP contribution is -2.26. The van der Waals surface area contributed by atoms with E-state index in [0.717, 1.165) is 11.3 Å². The van der Waals surface area contributed by atoms with E-state index in [1.54, 1.807) is 35.0 Å². The minimum atomic E-state index is -0.308. The van der Waals surface area contributed by atoms with Gasteiger partial charge in [0.15, 0.2) is 5.76 Å². The Morgan fingerprint density at radius 2 is 2.11 bits per heavy atom. The second-order valence-corrected chi connectivity index (χ2v) is 6.93. The Morgan fingerprint density at radius 3 is 2.81 bits per heavy atom. The van der Waals surface area contributed by atoms with Crippen LogP contribution in [-0.2, 0) is 13.7 Å². The molecule has 0 aliphatic heterocycles. The van der Waals surface area contributed by atoms with Crippen LogP contribution >= 0.6 is 23.2 Å². The van der Waals surface area contributed by atoms with Crippen LogP contribution in [0.1, 0.15) is 40.5 Å². The van der Waals surface area contributed by atoms with E-state index < -0.39 is 0 Å². The summed E-state index contributed by atoms with van der Waals surface area (Å²) in [6.45, 7) is 3.93. The zero-order valence-corrected chi connectivity index (χ0v) is 16.6. The van der Waals surface area contributed by atoms with Crippen molar-refractivity contribution < 1.29 is 13.9 Å². The van der Waals surface area contributed by atoms with Gasteiger partial charge in [-0.2, -0.15) is 5.10 Å². The van der Waals surface area contributed by atoms with E-state index in [1.165, 1.54) is 0 Å². The molecule has 6 nitrogen and oxygen atoms in total. The van der Waals surface area contributed by atoms with Crippen LogP contribution in [0.15, 0.2) is 40.9 Å². The molecule has 1 aromatic carbocycles. The van der Waals surface area contributed by atoms with Gasteiger partial charge in [-0.05, 0) is 38.1 Å². The lowest BCUT2D eigenvalue weighted by atomic mass is 10.1. The van der Waals surface area contributed by atoms with Gasteiger partial charge in [-0.1, -0.05) is 29.3 Å². The van der Waals surface area contributed by atoms with Crippen molar-refractivity contribution >= 4 is 29.1 Å². The van der Waals surface area contributed by atoms with Gasteiger partial charge < -0.3 is 14.5 Å². The van der Waals surface area contributed by atoms with Gasteiger partial charge in [0.2, 0.25) is 0 Å². The zero-order chi connectivity index (χ0) is 19.6. The first-order valence-electron chi connectivity index (χ1n) is 8.31. The summed E-state index contributed by atoms with van der Waals surface area (Å²) in [6, 6.07) is 8.23. The molecule has 0 spiro atoms. The van der Waals surface area contributed by atoms with Crippen molar-refractivity contribution in [2.45, 2.75) is 26.5 Å². The fourth-order valence-electron chi connectivity index (χ4n) is 2.71. The average Bonchev–Trinajstić information content (AvgIpc) is 3.22. The Morgan fingerprint density at radius 1 is 1.33 bits per heavy atom. The molecule has 1 N–H and O–H groups in total. The number of nitrogens with one attached hydrogen (secondary N) is 1. The normalized spacial score (nSPS) is 12.0. The first kappa shape index (κ1) is 19.3. The maximum atomic E-state index is 12.4. The van der Waals surface area contributed by atoms with Crippen molar-refractivity contribution in [3.05, 3.63) is 69.4 Å². The highest BCUT2D eigenvalue weighted by molar-refractivity contribution is 6.42. The van der Waals surface area contributed by atoms with Crippen LogP contribution in [-0.4, -0.2) is 15.7 Å². The Hall–Kier alpha value is -2.44. The Kier molecular flexibility index (Phi) is 5.77. The Balaban J connectivity index is 1.62. The molecule has 1 atom stereocenters. The number of aryl methyl sites for hydroxylation is 2. The largest absolute Gasteiger partial charge is 0.484 e. The number of ether oxygens (including phenoxy) is 1. The lowest BCUT2D eigenvalue weighted by molar-refractivity contribution is 0.0907. The molecule has 0 fully saturated rings. The third kappa shape index (κ3) is 4.46. The molecule has 142 valence electrons. The molecular formula is C19H19Cl2N3O3. The number of aromatic nitrogens is 2. The van der Waals surface area contributed by atoms with E-state index in [1.807, 2.05) is 27.1 Å². The Labute approximate surface area is 167 Å². The van der Waals surface area contributed by atoms with Crippen LogP contribution in [0, 0.1) is 6.92 Å². The van der Waals surface area contributed by atoms with Crippen molar-refractivity contribution in [1.82, 2.24) is 15.1 Å². The summed E-state index contributed by atoms with van der Waals surface area (Å²) < 4.78 is 12.9. The van der Waals surface area contributed by atoms with Crippen LogP contribution in [0.3, 0.4) is 0 Å². The molecular weight excluding hydrogens is 389 g/mol. The number of hydrogen-bond donors (Lipinski definition) is 1. The number of rotatable bonds is 6. The van der Waals surface area contributed by atoms with Crippen molar-refractivity contribution in [2.24, 2.45) is 7.05 Å². The average molecular weight is 408 g/mol. The van der Waals surface area contributed by atoms with Crippen LogP contribution in [0.5, 0.6) is 5.75 Å². The van der Waals surface area contributed by atoms with E-state index in [-0.39, 0.29) is 24.3 Å². The number of nitrogens with zero attached hydrogens (tertiary/aromatic N) is 2. The van der Waals surface area contributed by atoms with E-state index in [2.05, 4.69) is 10.4 Å². The van der Waals surface area contributed by atoms with Crippen LogP contribution < -0.4 is 10.1 Å². The van der Waals surface area contributed by atoms with Crippen LogP contribution in [0.2, 0.25) is 10.0 Å². The minimum absolute atomic E-state index is 0.130. The standard InChI is InChI=1S/C19H19Cl2N3O3/c1-11(14-9-24(3)23-12(14)2)22-19(25)17-8-7-13(27-17)10-26-16-6-4-5-15(20)18(16)21/h4-9,11H,10H2,1-3H3,(H,22,25). The summed E-state index contributed by atoms with van der Waals surface area (Å²) in [5, 5.41) is 7.94. The van der Waals surface area contributed by atoms with E-state index in [0.29, 0.717) is 21.6 Å². The van der Waals surface area contributed by atoms with Crippen LogP contribution in [0.4, 0.5) is 0 Å². The smallest absolute Gasteiger partial charge is 0.287 e. The third-order valence-electron chi connectivity index (χ3n) is 4.04. The second kappa shape index (κ2) is 8.06. The molecule has 3 aromatic rings. The van der Waals surface area contributed by atoms with Gasteiger partial charge in [-0.15, -0.1) is 0 Å². The monoisotopic (exact) mass is 407 g/mol. The molecule has 0 saturated heterocycles. The lowest BCUT2D eigenvalue weighted by Gasteiger charge is -2.12. The predicted octanol–water partition coefficient (Wildman–Crippen LogP) is 4.70. The summed E-state index contributed by atoms with van der Waals surface area (Å²) >= 11 is 12.0. The van der Waals surface area contributed by atoms with Gasteiger partial charge >= 0.3 is 0 Å². The fourth-order valence-corrected chi connectivity index (χ4v) is 3.06. The molecule has 0 aliphatic carbocycles. The summed E-state index contributed by atoms with van der Waals surface area (Å²) in [6.07, 6.45) is 1.89. The Bertz CT molecular complexity index is 965. The highest BCUT2D eigenvalue weighted by atomic mass is 35.5. The van der Waals surface area contributed by atoms with Gasteiger partial charge in [-0.3, -0.25) is 9.48 Å². The summed E-state index contributed by atoms with van der Waals surface area (Å²) in [5.41, 5.74) is 1.83. The third-order valence-corrected chi connectivity index (χ3v) is 4.84. The molecule has 1 amide bonds. The van der Waals surface area contributed by atoms with E-state index in [9.17, 15) is 4.79 Å². The maximum Gasteiger partial charge on any atom is 0.287 e. The summed E-state index contributed by atoms with van der Waals surface area (Å²) in [7, 11) is 1.84. The fraction of sp³-hybridized carbons (Fsp3) is 0.263. The molecule has 0 aliphatic rings. The first-order chi connectivity index (χ1) is 12.8. The predicted molar refractivity (Wildman–Crippen MR) is 103 cm³/mol. The maximum absolute atomic E-state index is 12.4. The molecule has 2 aromatic heterocycles. The van der Waals surface area contributed by atoms with Gasteiger partial charge in [-0.25, -0.2) is 0 Å². The number of furan rings is 1. The SMILES string of the molecule is Cc1nn(C)cc1C(C)NC(=O)c1ccc(COc2cccc(Cl)c2Cl)o1. The molecule has 3 rings (SSSR count). The number of carbonyl (C=O) groups is 1. The summed E-state index contributed by atoms with van der Waals surface area (Å²) in [5.74, 6) is 0.852. The van der Waals surface area contributed by atoms with Crippen molar-refractivity contribution in [3.8, 4) is 5.75 Å². The van der Waals surface area contributed by atoms with E-state index in [4.69, 9.17) is 32.4 Å². The topological polar surface area (TPSA) is 69.3 Å². The van der Waals surface area contributed by atoms with Crippen LogP contribution in [0.25, 0.3) is 0 Å². The molecule has 2 heterocycles. The number of carbonyl (C=O) groups excluding carboxylic acids is 1. The highest BCUT2D eigenvalue weighted by Gasteiger charge is 2.18. The second-order valence-electron chi connectivity index (χ2n) is 6.15. The van der Waals surface area contributed by atoms with Crippen molar-refractivity contribution in [1.29, 1.82) is 0 Å². The molecule has 27 heavy (non-hydrogen) atoms. The number of halogens is 2. The van der Waals surface area contributed by atoms with Gasteiger partial charge in [0.1, 0.15) is 23.1 Å². The van der Waals surface area contributed by atoms with Gasteiger partial charge in [0, 0.05) is 18.8 Å². The van der Waals surface area contributed by atoms with Gasteiger partial charge in [0.25, 0.3) is 5.91 Å². The number of benzene rings is 1. The minimum Gasteiger partial charge on any atom is -0.484 e.